The molecule has 0 aromatic rings. The smallest absolute Gasteiger partial charge is 0.305 e. The number of hydrogen-bond acceptors (Lipinski definition) is 12. The topological polar surface area (TPSA) is 126 Å². The van der Waals surface area contributed by atoms with Crippen LogP contribution in [0.25, 0.3) is 0 Å². The van der Waals surface area contributed by atoms with E-state index in [4.69, 9.17) is 47.4 Å². The lowest BCUT2D eigenvalue weighted by atomic mass is 9.62. The molecule has 0 bridgehead atoms. The fraction of sp³-hybridized carbons (Fsp3) is 0.853. The van der Waals surface area contributed by atoms with Crippen LogP contribution in [0, 0.1) is 46.3 Å². The van der Waals surface area contributed by atoms with Crippen LogP contribution in [0.4, 0.5) is 0 Å². The number of esters is 2. The van der Waals surface area contributed by atoms with Crippen LogP contribution in [-0.2, 0) is 57.0 Å². The van der Waals surface area contributed by atoms with Gasteiger partial charge in [0.05, 0.1) is 38.6 Å². The Morgan fingerprint density at radius 3 is 1.21 bits per heavy atom. The van der Waals surface area contributed by atoms with Crippen LogP contribution in [-0.4, -0.2) is 102 Å². The average Bonchev–Trinajstić information content (AvgIpc) is 4.07. The van der Waals surface area contributed by atoms with Gasteiger partial charge in [0.2, 0.25) is 0 Å². The second-order valence-corrected chi connectivity index (χ2v) is 25.7. The number of carbonyl (C=O) groups is 2. The summed E-state index contributed by atoms with van der Waals surface area (Å²) in [5.74, 6) is 1.12. The predicted octanol–water partition coefficient (Wildman–Crippen LogP) is 15.6. The molecule has 8 fully saturated rings. The molecule has 4 saturated heterocycles. The average molecular weight is 1120 g/mol. The summed E-state index contributed by atoms with van der Waals surface area (Å²) in [7, 11) is 2.95. The summed E-state index contributed by atoms with van der Waals surface area (Å²) in [6.45, 7) is 7.63. The lowest BCUT2D eigenvalue weighted by molar-refractivity contribution is -0.211. The van der Waals surface area contributed by atoms with E-state index < -0.39 is 0 Å². The summed E-state index contributed by atoms with van der Waals surface area (Å²) in [5, 5.41) is 0. The van der Waals surface area contributed by atoms with Gasteiger partial charge in [-0.2, -0.15) is 0 Å². The van der Waals surface area contributed by atoms with E-state index >= 15 is 0 Å². The van der Waals surface area contributed by atoms with Crippen LogP contribution in [0.2, 0.25) is 0 Å². The van der Waals surface area contributed by atoms with Gasteiger partial charge in [-0.15, -0.1) is 0 Å². The van der Waals surface area contributed by atoms with Gasteiger partial charge in [0.1, 0.15) is 0 Å². The molecule has 14 atom stereocenters. The van der Waals surface area contributed by atoms with Gasteiger partial charge in [-0.1, -0.05) is 101 Å². The number of allylic oxidation sites excluding steroid dienone is 4. The summed E-state index contributed by atoms with van der Waals surface area (Å²) < 4.78 is 64.9. The Balaban J connectivity index is 1.19. The van der Waals surface area contributed by atoms with Gasteiger partial charge in [0, 0.05) is 61.9 Å². The third-order valence-electron chi connectivity index (χ3n) is 20.4. The Labute approximate surface area is 484 Å². The van der Waals surface area contributed by atoms with E-state index in [0.717, 1.165) is 155 Å². The zero-order valence-electron chi connectivity index (χ0n) is 50.5. The zero-order chi connectivity index (χ0) is 55.8. The molecule has 80 heavy (non-hydrogen) atoms. The molecule has 8 rings (SSSR count). The van der Waals surface area contributed by atoms with Gasteiger partial charge in [-0.05, 0) is 191 Å². The second kappa shape index (κ2) is 33.9. The van der Waals surface area contributed by atoms with Crippen LogP contribution in [0.5, 0.6) is 0 Å². The fourth-order valence-electron chi connectivity index (χ4n) is 15.4. The van der Waals surface area contributed by atoms with E-state index in [9.17, 15) is 9.59 Å². The number of ether oxygens (including phenoxy) is 10. The van der Waals surface area contributed by atoms with Crippen molar-refractivity contribution in [3.8, 4) is 0 Å². The molecule has 12 nitrogen and oxygen atoms in total. The molecule has 6 unspecified atom stereocenters. The summed E-state index contributed by atoms with van der Waals surface area (Å²) >= 11 is 0. The molecule has 0 N–H and O–H groups in total. The minimum atomic E-state index is -0.220. The first-order valence-electron chi connectivity index (χ1n) is 33.2. The fourth-order valence-corrected chi connectivity index (χ4v) is 15.4. The maximum atomic E-state index is 12.2. The highest BCUT2D eigenvalue weighted by molar-refractivity contribution is 5.69. The van der Waals surface area contributed by atoms with Gasteiger partial charge in [-0.3, -0.25) is 9.59 Å². The molecule has 8 aliphatic rings. The molecule has 4 aliphatic carbocycles. The first kappa shape index (κ1) is 63.6. The molecule has 4 heterocycles. The highest BCUT2D eigenvalue weighted by Crippen LogP contribution is 2.57. The van der Waals surface area contributed by atoms with Crippen molar-refractivity contribution in [2.24, 2.45) is 46.3 Å². The van der Waals surface area contributed by atoms with Gasteiger partial charge < -0.3 is 47.4 Å². The number of methoxy groups -OCH3 is 2. The Hall–Kier alpha value is -2.42. The van der Waals surface area contributed by atoms with Gasteiger partial charge in [-0.25, -0.2) is 0 Å². The largest absolute Gasteiger partial charge is 0.469 e. The highest BCUT2D eigenvalue weighted by Gasteiger charge is 2.54. The monoisotopic (exact) mass is 1120 g/mol. The molecule has 0 amide bonds. The first-order valence-corrected chi connectivity index (χ1v) is 33.2. The van der Waals surface area contributed by atoms with Crippen LogP contribution >= 0.6 is 0 Å². The van der Waals surface area contributed by atoms with Crippen LogP contribution in [0.15, 0.2) is 48.6 Å². The maximum absolute atomic E-state index is 12.2. The maximum Gasteiger partial charge on any atom is 0.305 e. The van der Waals surface area contributed by atoms with Crippen molar-refractivity contribution in [3.63, 3.8) is 0 Å². The van der Waals surface area contributed by atoms with E-state index in [-0.39, 0.29) is 96.0 Å². The number of hydrogen-bond donors (Lipinski definition) is 0. The Morgan fingerprint density at radius 1 is 0.500 bits per heavy atom. The van der Waals surface area contributed by atoms with Crippen molar-refractivity contribution in [2.75, 3.05) is 40.6 Å². The van der Waals surface area contributed by atoms with Gasteiger partial charge >= 0.3 is 11.9 Å². The van der Waals surface area contributed by atoms with Crippen molar-refractivity contribution in [3.05, 3.63) is 48.6 Å². The van der Waals surface area contributed by atoms with Gasteiger partial charge in [0.15, 0.2) is 25.2 Å². The zero-order valence-corrected chi connectivity index (χ0v) is 50.5. The molecule has 0 aromatic heterocycles. The van der Waals surface area contributed by atoms with E-state index in [1.807, 2.05) is 0 Å². The third kappa shape index (κ3) is 18.3. The number of carbonyl (C=O) groups excluding carboxylic acids is 2. The molecule has 454 valence electrons. The second-order valence-electron chi connectivity index (χ2n) is 25.7. The lowest BCUT2D eigenvalue weighted by Crippen LogP contribution is -2.44. The van der Waals surface area contributed by atoms with E-state index in [1.165, 1.54) is 91.3 Å². The van der Waals surface area contributed by atoms with Gasteiger partial charge in [0.25, 0.3) is 0 Å². The molecule has 12 heteroatoms. The SMILES string of the molecule is CCCCC1([C@@H](/C=C/[C@H]2[C@H](OC3CCCCO3)CC(C3C[C@@H](OC4CCCCO4)[C@H](/C=C/[C@@H](OC4CCCCO4)C4(CCCC)CCC4)[C@H]3C/C=C\CCCC(=O)OC)[C@@H]2C/C=C\CCCC(=O)OC)OC2CCCCO2)CCC1. The lowest BCUT2D eigenvalue weighted by Gasteiger charge is -2.48. The predicted molar refractivity (Wildman–Crippen MR) is 313 cm³/mol. The molecule has 4 saturated carbocycles. The molecule has 0 radical (unpaired) electrons. The van der Waals surface area contributed by atoms with E-state index in [2.05, 4.69) is 62.5 Å². The van der Waals surface area contributed by atoms with Crippen molar-refractivity contribution in [2.45, 2.75) is 282 Å². The normalized spacial score (nSPS) is 33.5. The first-order chi connectivity index (χ1) is 39.3. The molecule has 0 aromatic carbocycles. The summed E-state index contributed by atoms with van der Waals surface area (Å²) in [4.78, 5) is 24.4. The molecular formula is C68H110O12. The molecule has 4 aliphatic heterocycles. The summed E-state index contributed by atoms with van der Waals surface area (Å²) in [6, 6.07) is 0. The molecule has 0 spiro atoms. The highest BCUT2D eigenvalue weighted by atomic mass is 16.7. The van der Waals surface area contributed by atoms with Crippen molar-refractivity contribution in [1.82, 2.24) is 0 Å². The van der Waals surface area contributed by atoms with E-state index in [0.29, 0.717) is 24.7 Å². The summed E-state index contributed by atoms with van der Waals surface area (Å²) in [5.41, 5.74) is 0.237. The van der Waals surface area contributed by atoms with Crippen molar-refractivity contribution >= 4 is 11.9 Å². The standard InChI is InChI=1S/C68H110O12/c1-5-7-39-67(41-25-42-67)59(79-65-33-19-23-47-75-65)37-35-53-51(27-13-9-11-15-29-61(69)71-3)55(49-57(53)77-63-31-17-21-45-73-63)56-50-58(78-64-32-18-22-46-74-64)54(52(56)28-14-10-12-16-30-62(70)72-4)36-38-60(80-66-34-20-24-48-76-66)68(40-8-6-2)43-26-44-68/h9-10,13-14,35-38,51-60,63-66H,5-8,11-12,15-34,39-50H2,1-4H3/b13-9-,14-10-,37-35+,38-36+/t51-,52-,53-,54-,55?,56?,57-,58-,59-,60-,63?,64?,65?,66?/m1/s1. The molecular weight excluding hydrogens is 1010 g/mol. The van der Waals surface area contributed by atoms with Crippen molar-refractivity contribution in [1.29, 1.82) is 0 Å². The Bertz CT molecular complexity index is 1750. The number of unbranched alkanes of at least 4 members (excludes halogenated alkanes) is 4. The third-order valence-corrected chi connectivity index (χ3v) is 20.4. The Morgan fingerprint density at radius 2 is 0.887 bits per heavy atom. The minimum Gasteiger partial charge on any atom is -0.469 e. The van der Waals surface area contributed by atoms with Crippen molar-refractivity contribution < 1.29 is 57.0 Å². The quantitative estimate of drug-likeness (QED) is 0.0353. The van der Waals surface area contributed by atoms with Crippen LogP contribution in [0.3, 0.4) is 0 Å². The Kier molecular flexibility index (Phi) is 27.0. The minimum absolute atomic E-state index is 0.0251. The van der Waals surface area contributed by atoms with Crippen LogP contribution < -0.4 is 0 Å². The van der Waals surface area contributed by atoms with E-state index in [1.54, 1.807) is 0 Å². The number of rotatable bonds is 33. The summed E-state index contributed by atoms with van der Waals surface area (Å²) in [6.07, 6.45) is 53.3. The van der Waals surface area contributed by atoms with Crippen LogP contribution in [0.1, 0.15) is 232 Å².